The van der Waals surface area contributed by atoms with E-state index in [0.29, 0.717) is 10.8 Å². The first-order valence-electron chi connectivity index (χ1n) is 7.88. The molecule has 17 heavy (non-hydrogen) atoms. The van der Waals surface area contributed by atoms with Gasteiger partial charge in [0.05, 0.1) is 0 Å². The largest absolute Gasteiger partial charge is 0.0648 e. The Morgan fingerprint density at radius 1 is 1.12 bits per heavy atom. The predicted molar refractivity (Wildman–Crippen MR) is 76.0 cm³/mol. The summed E-state index contributed by atoms with van der Waals surface area (Å²) in [5.74, 6) is 3.65. The van der Waals surface area contributed by atoms with Crippen LogP contribution in [0.4, 0.5) is 0 Å². The van der Waals surface area contributed by atoms with E-state index in [9.17, 15) is 0 Å². The summed E-state index contributed by atoms with van der Waals surface area (Å²) >= 11 is 0. The molecule has 2 saturated carbocycles. The van der Waals surface area contributed by atoms with Crippen molar-refractivity contribution in [2.75, 3.05) is 0 Å². The van der Waals surface area contributed by atoms with Crippen molar-refractivity contribution in [3.8, 4) is 0 Å². The van der Waals surface area contributed by atoms with Crippen LogP contribution in [-0.4, -0.2) is 0 Å². The van der Waals surface area contributed by atoms with Gasteiger partial charge in [0, 0.05) is 0 Å². The molecule has 2 aliphatic rings. The van der Waals surface area contributed by atoms with Crippen LogP contribution in [0.25, 0.3) is 0 Å². The molecule has 0 amide bonds. The molecule has 0 aromatic rings. The molecule has 0 spiro atoms. The molecular formula is C17H32. The Morgan fingerprint density at radius 2 is 1.76 bits per heavy atom. The van der Waals surface area contributed by atoms with E-state index in [2.05, 4.69) is 41.5 Å². The maximum absolute atomic E-state index is 2.59. The van der Waals surface area contributed by atoms with Crippen LogP contribution in [0.15, 0.2) is 0 Å². The molecule has 0 saturated heterocycles. The molecule has 0 aliphatic heterocycles. The minimum atomic E-state index is 0.683. The van der Waals surface area contributed by atoms with E-state index in [4.69, 9.17) is 0 Å². The number of hydrogen-bond acceptors (Lipinski definition) is 0. The van der Waals surface area contributed by atoms with Crippen LogP contribution in [0.3, 0.4) is 0 Å². The Balaban J connectivity index is 2.32. The molecule has 0 heterocycles. The first-order chi connectivity index (χ1) is 7.88. The van der Waals surface area contributed by atoms with Crippen molar-refractivity contribution in [3.05, 3.63) is 0 Å². The molecular weight excluding hydrogens is 204 g/mol. The van der Waals surface area contributed by atoms with Gasteiger partial charge in [0.2, 0.25) is 0 Å². The van der Waals surface area contributed by atoms with Crippen molar-refractivity contribution in [1.29, 1.82) is 0 Å². The summed E-state index contributed by atoms with van der Waals surface area (Å²) < 4.78 is 0. The molecule has 0 aromatic carbocycles. The average molecular weight is 236 g/mol. The topological polar surface area (TPSA) is 0 Å². The molecule has 0 aromatic heterocycles. The highest BCUT2D eigenvalue weighted by Crippen LogP contribution is 2.70. The van der Waals surface area contributed by atoms with Crippen LogP contribution in [0.5, 0.6) is 0 Å². The zero-order chi connectivity index (χ0) is 12.8. The zero-order valence-electron chi connectivity index (χ0n) is 12.8. The van der Waals surface area contributed by atoms with Crippen molar-refractivity contribution < 1.29 is 0 Å². The van der Waals surface area contributed by atoms with E-state index in [1.165, 1.54) is 32.1 Å². The molecule has 5 atom stereocenters. The van der Waals surface area contributed by atoms with Crippen LogP contribution in [0.2, 0.25) is 0 Å². The van der Waals surface area contributed by atoms with Gasteiger partial charge in [-0.25, -0.2) is 0 Å². The van der Waals surface area contributed by atoms with E-state index < -0.39 is 0 Å². The third-order valence-electron chi connectivity index (χ3n) is 6.98. The summed E-state index contributed by atoms with van der Waals surface area (Å²) in [5, 5.41) is 0. The minimum Gasteiger partial charge on any atom is -0.0648 e. The standard InChI is InChI=1S/C17H32/c1-7-17-11-10-16(17,6)9-8-13(4)15(17)14(5)12(2)3/h12-15H,7-11H2,1-6H3. The van der Waals surface area contributed by atoms with Crippen LogP contribution in [-0.2, 0) is 0 Å². The van der Waals surface area contributed by atoms with E-state index in [1.54, 1.807) is 0 Å². The highest BCUT2D eigenvalue weighted by Gasteiger charge is 2.62. The summed E-state index contributed by atoms with van der Waals surface area (Å²) in [4.78, 5) is 0. The summed E-state index contributed by atoms with van der Waals surface area (Å²) in [6, 6.07) is 0. The molecule has 100 valence electrons. The Hall–Kier alpha value is 0. The van der Waals surface area contributed by atoms with Gasteiger partial charge in [-0.05, 0) is 66.6 Å². The highest BCUT2D eigenvalue weighted by molar-refractivity contribution is 5.11. The second-order valence-corrected chi connectivity index (χ2v) is 7.72. The number of fused-ring (bicyclic) bond motifs is 1. The van der Waals surface area contributed by atoms with Gasteiger partial charge in [-0.3, -0.25) is 0 Å². The van der Waals surface area contributed by atoms with Gasteiger partial charge in [-0.1, -0.05) is 41.5 Å². The van der Waals surface area contributed by atoms with Crippen molar-refractivity contribution in [2.45, 2.75) is 73.6 Å². The zero-order valence-corrected chi connectivity index (χ0v) is 12.8. The van der Waals surface area contributed by atoms with Crippen molar-refractivity contribution in [3.63, 3.8) is 0 Å². The fraction of sp³-hybridized carbons (Fsp3) is 1.00. The quantitative estimate of drug-likeness (QED) is 0.605. The van der Waals surface area contributed by atoms with Gasteiger partial charge in [0.15, 0.2) is 0 Å². The molecule has 0 radical (unpaired) electrons. The highest BCUT2D eigenvalue weighted by atomic mass is 14.7. The van der Waals surface area contributed by atoms with E-state index in [-0.39, 0.29) is 0 Å². The third-order valence-corrected chi connectivity index (χ3v) is 6.98. The molecule has 0 N–H and O–H groups in total. The van der Waals surface area contributed by atoms with Crippen LogP contribution in [0, 0.1) is 34.5 Å². The van der Waals surface area contributed by atoms with Gasteiger partial charge < -0.3 is 0 Å². The van der Waals surface area contributed by atoms with Crippen LogP contribution < -0.4 is 0 Å². The summed E-state index contributed by atoms with van der Waals surface area (Å²) in [6.07, 6.45) is 7.37. The van der Waals surface area contributed by atoms with E-state index >= 15 is 0 Å². The molecule has 2 fully saturated rings. The number of hydrogen-bond donors (Lipinski definition) is 0. The number of rotatable bonds is 3. The Labute approximate surface area is 109 Å². The molecule has 2 rings (SSSR count). The Morgan fingerprint density at radius 3 is 2.18 bits per heavy atom. The average Bonchev–Trinajstić information content (AvgIpc) is 2.28. The lowest BCUT2D eigenvalue weighted by Crippen LogP contribution is -2.60. The normalized spacial score (nSPS) is 47.5. The van der Waals surface area contributed by atoms with Crippen LogP contribution in [0.1, 0.15) is 73.6 Å². The summed E-state index contributed by atoms with van der Waals surface area (Å²) in [6.45, 7) is 14.9. The smallest absolute Gasteiger partial charge is 0.0213 e. The fourth-order valence-corrected chi connectivity index (χ4v) is 5.36. The van der Waals surface area contributed by atoms with Gasteiger partial charge in [0.1, 0.15) is 0 Å². The van der Waals surface area contributed by atoms with Gasteiger partial charge in [-0.15, -0.1) is 0 Å². The maximum Gasteiger partial charge on any atom is -0.0213 e. The SMILES string of the molecule is CCC12CCC1(C)CCC(C)C2C(C)C(C)C. The summed E-state index contributed by atoms with van der Waals surface area (Å²) in [7, 11) is 0. The maximum atomic E-state index is 2.59. The first-order valence-corrected chi connectivity index (χ1v) is 7.88. The van der Waals surface area contributed by atoms with Gasteiger partial charge in [-0.2, -0.15) is 0 Å². The van der Waals surface area contributed by atoms with E-state index in [0.717, 1.165) is 23.7 Å². The van der Waals surface area contributed by atoms with Gasteiger partial charge >= 0.3 is 0 Å². The molecule has 5 unspecified atom stereocenters. The second-order valence-electron chi connectivity index (χ2n) is 7.72. The van der Waals surface area contributed by atoms with Crippen molar-refractivity contribution >= 4 is 0 Å². The lowest BCUT2D eigenvalue weighted by Gasteiger charge is -2.68. The van der Waals surface area contributed by atoms with Crippen molar-refractivity contribution in [2.24, 2.45) is 34.5 Å². The minimum absolute atomic E-state index is 0.683. The Bertz CT molecular complexity index is 276. The molecule has 0 nitrogen and oxygen atoms in total. The monoisotopic (exact) mass is 236 g/mol. The second kappa shape index (κ2) is 4.28. The molecule has 2 aliphatic carbocycles. The van der Waals surface area contributed by atoms with E-state index in [1.807, 2.05) is 0 Å². The fourth-order valence-electron chi connectivity index (χ4n) is 5.36. The van der Waals surface area contributed by atoms with Gasteiger partial charge in [0.25, 0.3) is 0 Å². The first kappa shape index (κ1) is 13.4. The lowest BCUT2D eigenvalue weighted by molar-refractivity contribution is -0.186. The van der Waals surface area contributed by atoms with Crippen LogP contribution >= 0.6 is 0 Å². The molecule has 0 bridgehead atoms. The third kappa shape index (κ3) is 1.70. The molecule has 0 heteroatoms. The lowest BCUT2D eigenvalue weighted by atomic mass is 9.37. The summed E-state index contributed by atoms with van der Waals surface area (Å²) in [5.41, 5.74) is 1.37. The Kier molecular flexibility index (Phi) is 3.38. The van der Waals surface area contributed by atoms with Crippen molar-refractivity contribution in [1.82, 2.24) is 0 Å². The predicted octanol–water partition coefficient (Wildman–Crippen LogP) is 5.52.